The first-order chi connectivity index (χ1) is 15.3. The van der Waals surface area contributed by atoms with E-state index < -0.39 is 11.9 Å². The summed E-state index contributed by atoms with van der Waals surface area (Å²) in [6.45, 7) is 12.4. The number of ether oxygens (including phenoxy) is 2. The van der Waals surface area contributed by atoms with Crippen LogP contribution in [0.5, 0.6) is 5.75 Å². The number of benzene rings is 2. The summed E-state index contributed by atoms with van der Waals surface area (Å²) in [7, 11) is 2.55. The zero-order valence-corrected chi connectivity index (χ0v) is 21.6. The number of hydrogen-bond acceptors (Lipinski definition) is 6. The molecule has 6 heteroatoms. The molecule has 1 N–H and O–H groups in total. The van der Waals surface area contributed by atoms with E-state index in [9.17, 15) is 14.7 Å². The fraction of sp³-hybridized carbons (Fsp3) is 0.407. The zero-order chi connectivity index (χ0) is 25.0. The lowest BCUT2D eigenvalue weighted by atomic mass is 9.78. The maximum Gasteiger partial charge on any atom is 0.345 e. The first-order valence-corrected chi connectivity index (χ1v) is 11.6. The monoisotopic (exact) mass is 470 g/mol. The van der Waals surface area contributed by atoms with Crippen molar-refractivity contribution in [3.63, 3.8) is 0 Å². The Kier molecular flexibility index (Phi) is 8.41. The van der Waals surface area contributed by atoms with Crippen LogP contribution >= 0.6 is 11.8 Å². The molecule has 2 aromatic carbocycles. The van der Waals surface area contributed by atoms with Crippen molar-refractivity contribution in [2.45, 2.75) is 63.7 Å². The molecule has 0 fully saturated rings. The average molecular weight is 471 g/mol. The summed E-state index contributed by atoms with van der Waals surface area (Å²) < 4.78 is 10.0. The van der Waals surface area contributed by atoms with Crippen molar-refractivity contribution in [3.05, 3.63) is 69.6 Å². The van der Waals surface area contributed by atoms with Gasteiger partial charge < -0.3 is 14.6 Å². The first-order valence-electron chi connectivity index (χ1n) is 10.8. The number of rotatable bonds is 6. The summed E-state index contributed by atoms with van der Waals surface area (Å²) in [6.07, 6.45) is 0.0236. The van der Waals surface area contributed by atoms with E-state index in [-0.39, 0.29) is 33.5 Å². The van der Waals surface area contributed by atoms with Crippen molar-refractivity contribution in [2.75, 3.05) is 14.2 Å². The van der Waals surface area contributed by atoms with Crippen LogP contribution in [-0.4, -0.2) is 31.3 Å². The Labute approximate surface area is 201 Å². The summed E-state index contributed by atoms with van der Waals surface area (Å²) in [5.74, 6) is -1.16. The molecular weight excluding hydrogens is 436 g/mol. The van der Waals surface area contributed by atoms with E-state index in [4.69, 9.17) is 9.47 Å². The molecule has 0 heterocycles. The van der Waals surface area contributed by atoms with Gasteiger partial charge in [0.2, 0.25) is 0 Å². The average Bonchev–Trinajstić information content (AvgIpc) is 2.75. The van der Waals surface area contributed by atoms with E-state index >= 15 is 0 Å². The molecular formula is C27H34O5S. The van der Waals surface area contributed by atoms with E-state index in [1.54, 1.807) is 0 Å². The molecule has 0 aliphatic heterocycles. The molecule has 33 heavy (non-hydrogen) atoms. The Hall–Kier alpha value is -2.73. The molecule has 0 atom stereocenters. The van der Waals surface area contributed by atoms with E-state index in [0.29, 0.717) is 5.56 Å². The lowest BCUT2D eigenvalue weighted by molar-refractivity contribution is -0.138. The summed E-state index contributed by atoms with van der Waals surface area (Å²) in [4.78, 5) is 26.5. The van der Waals surface area contributed by atoms with Crippen LogP contribution in [0.25, 0.3) is 0 Å². The van der Waals surface area contributed by atoms with Gasteiger partial charge in [-0.2, -0.15) is 0 Å². The number of esters is 2. The second-order valence-electron chi connectivity index (χ2n) is 9.91. The third-order valence-corrected chi connectivity index (χ3v) is 6.39. The Balaban J connectivity index is 2.75. The first kappa shape index (κ1) is 26.5. The lowest BCUT2D eigenvalue weighted by Crippen LogP contribution is -2.19. The highest BCUT2D eigenvalue weighted by Gasteiger charge is 2.29. The molecule has 0 aromatic heterocycles. The van der Waals surface area contributed by atoms with Gasteiger partial charge in [0, 0.05) is 11.3 Å². The number of phenols is 1. The summed E-state index contributed by atoms with van der Waals surface area (Å²) in [5, 5.41) is 11.2. The van der Waals surface area contributed by atoms with Crippen LogP contribution < -0.4 is 0 Å². The van der Waals surface area contributed by atoms with Crippen LogP contribution in [-0.2, 0) is 36.3 Å². The van der Waals surface area contributed by atoms with Gasteiger partial charge in [0.25, 0.3) is 0 Å². The molecule has 0 aliphatic rings. The Morgan fingerprint density at radius 1 is 0.879 bits per heavy atom. The molecule has 2 rings (SSSR count). The molecule has 0 unspecified atom stereocenters. The smallest absolute Gasteiger partial charge is 0.345 e. The number of methoxy groups -OCH3 is 2. The molecule has 0 spiro atoms. The number of carbonyl (C=O) groups is 2. The Morgan fingerprint density at radius 2 is 1.45 bits per heavy atom. The number of thioether (sulfide) groups is 1. The van der Waals surface area contributed by atoms with Crippen molar-refractivity contribution in [1.82, 2.24) is 0 Å². The predicted octanol–water partition coefficient (Wildman–Crippen LogP) is 5.92. The molecule has 0 amide bonds. The van der Waals surface area contributed by atoms with E-state index in [1.165, 1.54) is 14.2 Å². The van der Waals surface area contributed by atoms with Crippen LogP contribution in [0.15, 0.2) is 57.8 Å². The van der Waals surface area contributed by atoms with Gasteiger partial charge >= 0.3 is 11.9 Å². The fourth-order valence-electron chi connectivity index (χ4n) is 3.32. The van der Waals surface area contributed by atoms with Gasteiger partial charge in [-0.25, -0.2) is 9.59 Å². The molecule has 0 radical (unpaired) electrons. The van der Waals surface area contributed by atoms with Crippen LogP contribution in [0, 0.1) is 0 Å². The minimum atomic E-state index is -0.642. The van der Waals surface area contributed by atoms with E-state index in [1.807, 2.05) is 63.2 Å². The van der Waals surface area contributed by atoms with Crippen molar-refractivity contribution in [3.8, 4) is 5.75 Å². The highest BCUT2D eigenvalue weighted by atomic mass is 32.2. The van der Waals surface area contributed by atoms with Crippen LogP contribution in [0.4, 0.5) is 0 Å². The molecule has 5 nitrogen and oxygen atoms in total. The van der Waals surface area contributed by atoms with Gasteiger partial charge in [0.1, 0.15) is 10.7 Å². The highest BCUT2D eigenvalue weighted by molar-refractivity contribution is 8.04. The minimum absolute atomic E-state index is 0.0236. The molecule has 0 aliphatic carbocycles. The van der Waals surface area contributed by atoms with Crippen LogP contribution in [0.3, 0.4) is 0 Å². The van der Waals surface area contributed by atoms with Crippen LogP contribution in [0.1, 0.15) is 58.2 Å². The van der Waals surface area contributed by atoms with Gasteiger partial charge in [0.05, 0.1) is 19.8 Å². The van der Waals surface area contributed by atoms with Crippen molar-refractivity contribution >= 4 is 23.7 Å². The molecule has 0 saturated carbocycles. The summed E-state index contributed by atoms with van der Waals surface area (Å²) in [6, 6.07) is 13.2. The summed E-state index contributed by atoms with van der Waals surface area (Å²) >= 11 is 1.14. The third kappa shape index (κ3) is 6.64. The number of phenolic OH excluding ortho intramolecular Hbond substituents is 1. The quantitative estimate of drug-likeness (QED) is 0.321. The largest absolute Gasteiger partial charge is 0.507 e. The van der Waals surface area contributed by atoms with Crippen molar-refractivity contribution in [1.29, 1.82) is 0 Å². The number of carbonyl (C=O) groups excluding carboxylic acids is 2. The molecule has 0 bridgehead atoms. The van der Waals surface area contributed by atoms with E-state index in [0.717, 1.165) is 27.8 Å². The Morgan fingerprint density at radius 3 is 1.94 bits per heavy atom. The molecule has 2 aromatic rings. The normalized spacial score (nSPS) is 12.7. The maximum absolute atomic E-state index is 12.9. The van der Waals surface area contributed by atoms with Crippen molar-refractivity contribution in [2.24, 2.45) is 0 Å². The summed E-state index contributed by atoms with van der Waals surface area (Å²) in [5.41, 5.74) is 2.01. The number of hydrogen-bond donors (Lipinski definition) is 1. The van der Waals surface area contributed by atoms with Gasteiger partial charge in [-0.3, -0.25) is 0 Å². The van der Waals surface area contributed by atoms with Gasteiger partial charge in [-0.15, -0.1) is 0 Å². The highest BCUT2D eigenvalue weighted by Crippen LogP contribution is 2.40. The standard InChI is InChI=1S/C27H34O5S/c1-26(2,3)18-14-17(22(28)21(16-18)27(4,5)6)15-20(24(29)31-7)23(25(30)32-8)33-19-12-10-9-11-13-19/h9-14,16,28H,15H2,1-8H3/b23-20+. The topological polar surface area (TPSA) is 72.8 Å². The Bertz CT molecular complexity index is 1040. The fourth-order valence-corrected chi connectivity index (χ4v) is 4.29. The molecule has 0 saturated heterocycles. The SMILES string of the molecule is COC(=O)/C(Cc1cc(C(C)(C)C)cc(C(C)(C)C)c1O)=C(/Sc1ccccc1)C(=O)OC. The van der Waals surface area contributed by atoms with Gasteiger partial charge in [-0.05, 0) is 39.7 Å². The predicted molar refractivity (Wildman–Crippen MR) is 133 cm³/mol. The van der Waals surface area contributed by atoms with Gasteiger partial charge in [0.15, 0.2) is 0 Å². The zero-order valence-electron chi connectivity index (χ0n) is 20.7. The van der Waals surface area contributed by atoms with Gasteiger partial charge in [-0.1, -0.05) is 83.6 Å². The number of aromatic hydroxyl groups is 1. The van der Waals surface area contributed by atoms with E-state index in [2.05, 4.69) is 20.8 Å². The lowest BCUT2D eigenvalue weighted by Gasteiger charge is -2.28. The third-order valence-electron chi connectivity index (χ3n) is 5.27. The van der Waals surface area contributed by atoms with Crippen molar-refractivity contribution < 1.29 is 24.2 Å². The second-order valence-corrected chi connectivity index (χ2v) is 11.0. The maximum atomic E-state index is 12.9. The minimum Gasteiger partial charge on any atom is -0.507 e. The molecule has 178 valence electrons. The van der Waals surface area contributed by atoms with Crippen LogP contribution in [0.2, 0.25) is 0 Å². The second kappa shape index (κ2) is 10.5.